The van der Waals surface area contributed by atoms with E-state index in [1.807, 2.05) is 49.1 Å². The summed E-state index contributed by atoms with van der Waals surface area (Å²) < 4.78 is 5.14. The number of anilines is 1. The molecule has 7 nitrogen and oxygen atoms in total. The molecule has 0 unspecified atom stereocenters. The van der Waals surface area contributed by atoms with Crippen LogP contribution in [0.1, 0.15) is 17.0 Å². The lowest BCUT2D eigenvalue weighted by Crippen LogP contribution is -2.50. The fourth-order valence-corrected chi connectivity index (χ4v) is 4.16. The van der Waals surface area contributed by atoms with Crippen LogP contribution in [0.3, 0.4) is 0 Å². The summed E-state index contributed by atoms with van der Waals surface area (Å²) in [4.78, 5) is 30.1. The number of piperazine rings is 1. The second-order valence-electron chi connectivity index (χ2n) is 7.28. The van der Waals surface area contributed by atoms with E-state index >= 15 is 0 Å². The normalized spacial score (nSPS) is 14.5. The number of benzene rings is 1. The molecular weight excluding hydrogens is 400 g/mol. The molecule has 30 heavy (non-hydrogen) atoms. The number of aromatic nitrogens is 1. The lowest BCUT2D eigenvalue weighted by molar-refractivity contribution is -0.132. The summed E-state index contributed by atoms with van der Waals surface area (Å²) in [5, 5.41) is 6.92. The summed E-state index contributed by atoms with van der Waals surface area (Å²) in [5.41, 5.74) is 2.46. The Morgan fingerprint density at radius 1 is 1.23 bits per heavy atom. The maximum Gasteiger partial charge on any atom is 0.238 e. The van der Waals surface area contributed by atoms with Gasteiger partial charge in [0.05, 0.1) is 24.3 Å². The maximum absolute atomic E-state index is 12.6. The van der Waals surface area contributed by atoms with E-state index in [2.05, 4.69) is 22.0 Å². The lowest BCUT2D eigenvalue weighted by atomic mass is 10.1. The maximum atomic E-state index is 12.6. The number of amides is 2. The largest absolute Gasteiger partial charge is 0.361 e. The van der Waals surface area contributed by atoms with E-state index in [1.54, 1.807) is 11.8 Å². The Kier molecular flexibility index (Phi) is 7.70. The van der Waals surface area contributed by atoms with E-state index in [9.17, 15) is 9.59 Å². The van der Waals surface area contributed by atoms with Crippen LogP contribution in [0.5, 0.6) is 0 Å². The monoisotopic (exact) mass is 428 g/mol. The fraction of sp³-hybridized carbons (Fsp3) is 0.409. The second kappa shape index (κ2) is 10.4. The Bertz CT molecular complexity index is 884. The molecule has 1 aromatic heterocycles. The van der Waals surface area contributed by atoms with Gasteiger partial charge in [-0.25, -0.2) is 0 Å². The zero-order valence-electron chi connectivity index (χ0n) is 17.5. The summed E-state index contributed by atoms with van der Waals surface area (Å²) in [7, 11) is 0. The summed E-state index contributed by atoms with van der Waals surface area (Å²) in [6, 6.07) is 7.78. The highest BCUT2D eigenvalue weighted by atomic mass is 32.2. The van der Waals surface area contributed by atoms with E-state index in [0.29, 0.717) is 44.9 Å². The quantitative estimate of drug-likeness (QED) is 0.515. The topological polar surface area (TPSA) is 78.7 Å². The molecule has 0 radical (unpaired) electrons. The third kappa shape index (κ3) is 5.73. The van der Waals surface area contributed by atoms with E-state index < -0.39 is 0 Å². The SMILES string of the molecule is C=CCSc1ccccc1NC(=O)CN1CCN(C(=O)Cc2c(C)noc2C)CC1. The Morgan fingerprint density at radius 2 is 1.97 bits per heavy atom. The van der Waals surface area contributed by atoms with Gasteiger partial charge in [0.25, 0.3) is 0 Å². The molecule has 8 heteroatoms. The van der Waals surface area contributed by atoms with Gasteiger partial charge in [-0.05, 0) is 26.0 Å². The molecule has 1 aromatic carbocycles. The van der Waals surface area contributed by atoms with Crippen molar-refractivity contribution in [2.75, 3.05) is 43.8 Å². The Labute approximate surface area is 181 Å². The van der Waals surface area contributed by atoms with E-state index in [1.165, 1.54) is 0 Å². The van der Waals surface area contributed by atoms with Crippen molar-refractivity contribution in [3.63, 3.8) is 0 Å². The number of nitrogens with one attached hydrogen (secondary N) is 1. The molecule has 0 saturated carbocycles. The first-order valence-electron chi connectivity index (χ1n) is 10.0. The first-order chi connectivity index (χ1) is 14.5. The first kappa shape index (κ1) is 22.1. The van der Waals surface area contributed by atoms with Gasteiger partial charge in [0.15, 0.2) is 0 Å². The van der Waals surface area contributed by atoms with E-state index in [4.69, 9.17) is 4.52 Å². The molecule has 0 aliphatic carbocycles. The molecular formula is C22H28N4O3S. The van der Waals surface area contributed by atoms with Crippen LogP contribution in [-0.2, 0) is 16.0 Å². The number of carbonyl (C=O) groups is 2. The number of para-hydroxylation sites is 1. The van der Waals surface area contributed by atoms with Crippen LogP contribution in [0.15, 0.2) is 46.3 Å². The number of aryl methyl sites for hydroxylation is 2. The molecule has 0 spiro atoms. The van der Waals surface area contributed by atoms with Crippen LogP contribution in [0.2, 0.25) is 0 Å². The van der Waals surface area contributed by atoms with Gasteiger partial charge in [0, 0.05) is 42.4 Å². The predicted octanol–water partition coefficient (Wildman–Crippen LogP) is 2.89. The van der Waals surface area contributed by atoms with Gasteiger partial charge in [-0.3, -0.25) is 14.5 Å². The highest BCUT2D eigenvalue weighted by molar-refractivity contribution is 7.99. The standard InChI is InChI=1S/C22H28N4O3S/c1-4-13-30-20-8-6-5-7-19(20)23-21(27)15-25-9-11-26(12-10-25)22(28)14-18-16(2)24-29-17(18)3/h4-8H,1,9-15H2,2-3H3,(H,23,27). The first-order valence-corrected chi connectivity index (χ1v) is 11.0. The van der Waals surface area contributed by atoms with Crippen molar-refractivity contribution in [3.8, 4) is 0 Å². The van der Waals surface area contributed by atoms with Gasteiger partial charge < -0.3 is 14.7 Å². The number of nitrogens with zero attached hydrogens (tertiary/aromatic N) is 3. The van der Waals surface area contributed by atoms with Crippen LogP contribution < -0.4 is 5.32 Å². The van der Waals surface area contributed by atoms with Gasteiger partial charge in [0.2, 0.25) is 11.8 Å². The molecule has 2 heterocycles. The van der Waals surface area contributed by atoms with Crippen molar-refractivity contribution in [1.82, 2.24) is 15.0 Å². The zero-order chi connectivity index (χ0) is 21.5. The third-order valence-corrected chi connectivity index (χ3v) is 6.19. The van der Waals surface area contributed by atoms with Crippen molar-refractivity contribution in [2.24, 2.45) is 0 Å². The Morgan fingerprint density at radius 3 is 2.63 bits per heavy atom. The average molecular weight is 429 g/mol. The van der Waals surface area contributed by atoms with Crippen LogP contribution in [0.4, 0.5) is 5.69 Å². The number of carbonyl (C=O) groups excluding carboxylic acids is 2. The minimum Gasteiger partial charge on any atom is -0.361 e. The molecule has 0 atom stereocenters. The van der Waals surface area contributed by atoms with E-state index in [0.717, 1.165) is 27.6 Å². The summed E-state index contributed by atoms with van der Waals surface area (Å²) in [6.45, 7) is 10.3. The minimum atomic E-state index is -0.0443. The predicted molar refractivity (Wildman–Crippen MR) is 119 cm³/mol. The lowest BCUT2D eigenvalue weighted by Gasteiger charge is -2.34. The fourth-order valence-electron chi connectivity index (χ4n) is 3.41. The summed E-state index contributed by atoms with van der Waals surface area (Å²) in [5.74, 6) is 1.51. The van der Waals surface area contributed by atoms with Crippen molar-refractivity contribution >= 4 is 29.3 Å². The zero-order valence-corrected chi connectivity index (χ0v) is 18.3. The molecule has 1 fully saturated rings. The van der Waals surface area contributed by atoms with E-state index in [-0.39, 0.29) is 11.8 Å². The van der Waals surface area contributed by atoms with Crippen LogP contribution in [-0.4, -0.2) is 65.2 Å². The van der Waals surface area contributed by atoms with Gasteiger partial charge >= 0.3 is 0 Å². The van der Waals surface area contributed by atoms with Gasteiger partial charge in [0.1, 0.15) is 5.76 Å². The molecule has 1 saturated heterocycles. The molecule has 160 valence electrons. The van der Waals surface area contributed by atoms with Gasteiger partial charge in [-0.1, -0.05) is 23.4 Å². The van der Waals surface area contributed by atoms with Crippen molar-refractivity contribution in [1.29, 1.82) is 0 Å². The van der Waals surface area contributed by atoms with Crippen molar-refractivity contribution in [3.05, 3.63) is 53.9 Å². The average Bonchev–Trinajstić information content (AvgIpc) is 3.05. The molecule has 1 N–H and O–H groups in total. The number of hydrogen-bond acceptors (Lipinski definition) is 6. The number of hydrogen-bond donors (Lipinski definition) is 1. The highest BCUT2D eigenvalue weighted by Crippen LogP contribution is 2.27. The summed E-state index contributed by atoms with van der Waals surface area (Å²) in [6.07, 6.45) is 2.15. The van der Waals surface area contributed by atoms with Gasteiger partial charge in [-0.2, -0.15) is 0 Å². The molecule has 0 bridgehead atoms. The molecule has 3 rings (SSSR count). The molecule has 1 aliphatic rings. The van der Waals surface area contributed by atoms with Crippen molar-refractivity contribution in [2.45, 2.75) is 25.2 Å². The Hall–Kier alpha value is -2.58. The minimum absolute atomic E-state index is 0.0443. The number of thioether (sulfide) groups is 1. The van der Waals surface area contributed by atoms with Gasteiger partial charge in [-0.15, -0.1) is 18.3 Å². The molecule has 2 aromatic rings. The smallest absolute Gasteiger partial charge is 0.238 e. The second-order valence-corrected chi connectivity index (χ2v) is 8.34. The highest BCUT2D eigenvalue weighted by Gasteiger charge is 2.24. The molecule has 2 amide bonds. The Balaban J connectivity index is 1.47. The molecule has 1 aliphatic heterocycles. The van der Waals surface area contributed by atoms with Crippen LogP contribution >= 0.6 is 11.8 Å². The third-order valence-electron chi connectivity index (χ3n) is 5.12. The van der Waals surface area contributed by atoms with Crippen LogP contribution in [0.25, 0.3) is 0 Å². The van der Waals surface area contributed by atoms with Crippen molar-refractivity contribution < 1.29 is 14.1 Å². The van der Waals surface area contributed by atoms with Crippen LogP contribution in [0, 0.1) is 13.8 Å². The number of rotatable bonds is 8. The summed E-state index contributed by atoms with van der Waals surface area (Å²) >= 11 is 1.64.